The first-order chi connectivity index (χ1) is 9.23. The molecule has 8 heteroatoms. The Morgan fingerprint density at radius 3 is 2.15 bits per heavy atom. The molecule has 1 saturated heterocycles. The van der Waals surface area contributed by atoms with E-state index in [2.05, 4.69) is 0 Å². The third kappa shape index (κ3) is 2.88. The van der Waals surface area contributed by atoms with Gasteiger partial charge in [0.1, 0.15) is 9.84 Å². The molecular weight excluding hydrogens is 300 g/mol. The number of hydrogen-bond donors (Lipinski definition) is 1. The summed E-state index contributed by atoms with van der Waals surface area (Å²) in [5.74, 6) is -0.0548. The summed E-state index contributed by atoms with van der Waals surface area (Å²) in [6.07, 6.45) is 3.99. The minimum atomic E-state index is -3.48. The molecule has 0 atom stereocenters. The summed E-state index contributed by atoms with van der Waals surface area (Å²) in [6.45, 7) is 0.327. The Bertz CT molecular complexity index is 536. The molecule has 0 aromatic rings. The lowest BCUT2D eigenvalue weighted by atomic mass is 9.98. The fourth-order valence-corrected chi connectivity index (χ4v) is 7.21. The van der Waals surface area contributed by atoms with Crippen LogP contribution in [0, 0.1) is 0 Å². The molecule has 2 fully saturated rings. The van der Waals surface area contributed by atoms with Crippen LogP contribution >= 0.6 is 0 Å². The van der Waals surface area contributed by atoms with Crippen LogP contribution in [0.25, 0.3) is 0 Å². The zero-order valence-electron chi connectivity index (χ0n) is 11.9. The summed E-state index contributed by atoms with van der Waals surface area (Å²) in [7, 11) is -4.92. The Labute approximate surface area is 121 Å². The van der Waals surface area contributed by atoms with Crippen molar-refractivity contribution in [3.8, 4) is 0 Å². The van der Waals surface area contributed by atoms with Gasteiger partial charge in [0.25, 0.3) is 0 Å². The molecular formula is C12H24N2O4S2. The van der Waals surface area contributed by atoms with Crippen LogP contribution < -0.4 is 5.73 Å². The maximum absolute atomic E-state index is 12.7. The highest BCUT2D eigenvalue weighted by Gasteiger charge is 2.45. The normalized spacial score (nSPS) is 26.9. The van der Waals surface area contributed by atoms with Gasteiger partial charge in [0.2, 0.25) is 10.0 Å². The second kappa shape index (κ2) is 5.55. The third-order valence-corrected chi connectivity index (χ3v) is 9.07. The van der Waals surface area contributed by atoms with Gasteiger partial charge >= 0.3 is 0 Å². The van der Waals surface area contributed by atoms with E-state index in [1.54, 1.807) is 7.05 Å². The molecule has 2 N–H and O–H groups in total. The van der Waals surface area contributed by atoms with Crippen molar-refractivity contribution in [1.29, 1.82) is 0 Å². The zero-order valence-corrected chi connectivity index (χ0v) is 13.5. The molecule has 118 valence electrons. The van der Waals surface area contributed by atoms with Crippen LogP contribution in [0.2, 0.25) is 0 Å². The summed E-state index contributed by atoms with van der Waals surface area (Å²) >= 11 is 0. The second-order valence-corrected chi connectivity index (χ2v) is 10.5. The summed E-state index contributed by atoms with van der Waals surface area (Å²) in [5.41, 5.74) is 5.37. The molecule has 0 aromatic carbocycles. The standard InChI is InChI=1S/C12H24N2O4S2/c1-14(12(10-13)6-2-3-7-12)20(17,18)11-4-8-19(15,16)9-5-11/h11H,2-10,13H2,1H3. The quantitative estimate of drug-likeness (QED) is 0.791. The maximum Gasteiger partial charge on any atom is 0.217 e. The van der Waals surface area contributed by atoms with Crippen molar-refractivity contribution in [1.82, 2.24) is 4.31 Å². The summed E-state index contributed by atoms with van der Waals surface area (Å²) in [5, 5.41) is -0.583. The molecule has 6 nitrogen and oxygen atoms in total. The lowest BCUT2D eigenvalue weighted by molar-refractivity contribution is 0.227. The third-order valence-electron chi connectivity index (χ3n) is 4.89. The first-order valence-electron chi connectivity index (χ1n) is 7.12. The van der Waals surface area contributed by atoms with Crippen LogP contribution in [0.15, 0.2) is 0 Å². The first-order valence-corrected chi connectivity index (χ1v) is 10.4. The van der Waals surface area contributed by atoms with Gasteiger partial charge in [-0.25, -0.2) is 16.8 Å². The van der Waals surface area contributed by atoms with E-state index in [9.17, 15) is 16.8 Å². The van der Waals surface area contributed by atoms with Crippen LogP contribution in [-0.4, -0.2) is 57.0 Å². The van der Waals surface area contributed by atoms with E-state index in [0.717, 1.165) is 25.7 Å². The predicted octanol–water partition coefficient (Wildman–Crippen LogP) is 0.0967. The van der Waals surface area contributed by atoms with Gasteiger partial charge < -0.3 is 5.73 Å². The lowest BCUT2D eigenvalue weighted by Gasteiger charge is -2.39. The monoisotopic (exact) mass is 324 g/mol. The molecule has 1 heterocycles. The molecule has 0 unspecified atom stereocenters. The Kier molecular flexibility index (Phi) is 4.49. The highest BCUT2D eigenvalue weighted by atomic mass is 32.2. The molecule has 2 rings (SSSR count). The number of rotatable bonds is 4. The highest BCUT2D eigenvalue weighted by molar-refractivity contribution is 7.92. The molecule has 2 aliphatic rings. The van der Waals surface area contributed by atoms with Crippen LogP contribution in [0.1, 0.15) is 38.5 Å². The number of likely N-dealkylation sites (N-methyl/N-ethyl adjacent to an activating group) is 1. The summed E-state index contributed by atoms with van der Waals surface area (Å²) in [6, 6.07) is 0. The number of sulfone groups is 1. The average Bonchev–Trinajstić information content (AvgIpc) is 2.87. The van der Waals surface area contributed by atoms with E-state index in [4.69, 9.17) is 5.73 Å². The Morgan fingerprint density at radius 1 is 1.20 bits per heavy atom. The Balaban J connectivity index is 2.18. The second-order valence-electron chi connectivity index (χ2n) is 6.00. The molecule has 20 heavy (non-hydrogen) atoms. The molecule has 0 bridgehead atoms. The molecule has 1 aliphatic carbocycles. The van der Waals surface area contributed by atoms with Gasteiger partial charge in [-0.3, -0.25) is 0 Å². The van der Waals surface area contributed by atoms with E-state index >= 15 is 0 Å². The number of hydrogen-bond acceptors (Lipinski definition) is 5. The number of nitrogens with zero attached hydrogens (tertiary/aromatic N) is 1. The van der Waals surface area contributed by atoms with Gasteiger partial charge in [-0.1, -0.05) is 12.8 Å². The van der Waals surface area contributed by atoms with Crippen molar-refractivity contribution in [2.45, 2.75) is 49.3 Å². The van der Waals surface area contributed by atoms with Gasteiger partial charge in [0, 0.05) is 19.1 Å². The van der Waals surface area contributed by atoms with Gasteiger partial charge in [0.05, 0.1) is 16.8 Å². The maximum atomic E-state index is 12.7. The van der Waals surface area contributed by atoms with Crippen LogP contribution in [0.5, 0.6) is 0 Å². The average molecular weight is 324 g/mol. The fraction of sp³-hybridized carbons (Fsp3) is 1.00. The molecule has 0 amide bonds. The van der Waals surface area contributed by atoms with E-state index in [0.29, 0.717) is 6.54 Å². The first kappa shape index (κ1) is 16.2. The Hall–Kier alpha value is -0.180. The molecule has 0 spiro atoms. The van der Waals surface area contributed by atoms with Gasteiger partial charge in [0.15, 0.2) is 0 Å². The topological polar surface area (TPSA) is 97.5 Å². The molecule has 1 aliphatic heterocycles. The minimum absolute atomic E-state index is 0.0274. The van der Waals surface area contributed by atoms with Crippen LogP contribution in [-0.2, 0) is 19.9 Å². The lowest BCUT2D eigenvalue weighted by Crippen LogP contribution is -2.55. The zero-order chi connectivity index (χ0) is 15.0. The molecule has 1 saturated carbocycles. The predicted molar refractivity (Wildman–Crippen MR) is 78.6 cm³/mol. The minimum Gasteiger partial charge on any atom is -0.329 e. The number of nitrogens with two attached hydrogens (primary N) is 1. The van der Waals surface area contributed by atoms with Crippen molar-refractivity contribution < 1.29 is 16.8 Å². The molecule has 0 radical (unpaired) electrons. The summed E-state index contributed by atoms with van der Waals surface area (Å²) < 4.78 is 49.8. The summed E-state index contributed by atoms with van der Waals surface area (Å²) in [4.78, 5) is 0. The smallest absolute Gasteiger partial charge is 0.217 e. The van der Waals surface area contributed by atoms with Crippen molar-refractivity contribution in [3.63, 3.8) is 0 Å². The van der Waals surface area contributed by atoms with E-state index in [1.807, 2.05) is 0 Å². The van der Waals surface area contributed by atoms with Crippen molar-refractivity contribution >= 4 is 19.9 Å². The fourth-order valence-electron chi connectivity index (χ4n) is 3.34. The van der Waals surface area contributed by atoms with Crippen molar-refractivity contribution in [2.75, 3.05) is 25.1 Å². The van der Waals surface area contributed by atoms with Gasteiger partial charge in [-0.15, -0.1) is 0 Å². The van der Waals surface area contributed by atoms with Crippen LogP contribution in [0.3, 0.4) is 0 Å². The largest absolute Gasteiger partial charge is 0.329 e. The van der Waals surface area contributed by atoms with Gasteiger partial charge in [-0.05, 0) is 25.7 Å². The SMILES string of the molecule is CN(C1(CN)CCCC1)S(=O)(=O)C1CCS(=O)(=O)CC1. The van der Waals surface area contributed by atoms with Gasteiger partial charge in [-0.2, -0.15) is 4.31 Å². The highest BCUT2D eigenvalue weighted by Crippen LogP contribution is 2.37. The number of sulfonamides is 1. The Morgan fingerprint density at radius 2 is 1.70 bits per heavy atom. The van der Waals surface area contributed by atoms with Crippen LogP contribution in [0.4, 0.5) is 0 Å². The van der Waals surface area contributed by atoms with E-state index in [1.165, 1.54) is 4.31 Å². The van der Waals surface area contributed by atoms with E-state index < -0.39 is 30.6 Å². The van der Waals surface area contributed by atoms with Crippen molar-refractivity contribution in [2.24, 2.45) is 5.73 Å². The van der Waals surface area contributed by atoms with E-state index in [-0.39, 0.29) is 24.3 Å². The van der Waals surface area contributed by atoms with Crippen molar-refractivity contribution in [3.05, 3.63) is 0 Å². The molecule has 0 aromatic heterocycles.